The van der Waals surface area contributed by atoms with Gasteiger partial charge in [0, 0.05) is 25.3 Å². The Kier molecular flexibility index (Phi) is 5.24. The molecule has 12 heteroatoms. The van der Waals surface area contributed by atoms with E-state index in [1.165, 1.54) is 23.6 Å². The molecule has 6 rings (SSSR count). The van der Waals surface area contributed by atoms with E-state index in [1.54, 1.807) is 24.3 Å². The monoisotopic (exact) mass is 530 g/mol. The predicted octanol–water partition coefficient (Wildman–Crippen LogP) is 1.65. The summed E-state index contributed by atoms with van der Waals surface area (Å²) in [5.41, 5.74) is -2.78. The van der Waals surface area contributed by atoms with Crippen LogP contribution in [0.1, 0.15) is 16.7 Å². The largest absolute Gasteiger partial charge is 0.492 e. The summed E-state index contributed by atoms with van der Waals surface area (Å²) in [6.07, 6.45) is 0. The van der Waals surface area contributed by atoms with Crippen molar-refractivity contribution in [1.29, 1.82) is 0 Å². The van der Waals surface area contributed by atoms with E-state index in [2.05, 4.69) is 15.3 Å². The molecule has 0 bridgehead atoms. The average Bonchev–Trinajstić information content (AvgIpc) is 3.14. The third-order valence-electron chi connectivity index (χ3n) is 7.09. The van der Waals surface area contributed by atoms with Crippen molar-refractivity contribution in [1.82, 2.24) is 19.1 Å². The van der Waals surface area contributed by atoms with Gasteiger partial charge < -0.3 is 19.9 Å². The molecule has 0 fully saturated rings. The second kappa shape index (κ2) is 8.42. The van der Waals surface area contributed by atoms with Crippen molar-refractivity contribution in [3.05, 3.63) is 107 Å². The Bertz CT molecular complexity index is 1870. The number of H-pyrrole nitrogens is 2. The van der Waals surface area contributed by atoms with Crippen LogP contribution in [-0.2, 0) is 24.3 Å². The number of benzene rings is 2. The number of carbonyl (C=O) groups is 1. The molecule has 1 atom stereocenters. The van der Waals surface area contributed by atoms with Gasteiger partial charge in [0.25, 0.3) is 11.1 Å². The van der Waals surface area contributed by atoms with E-state index in [1.807, 2.05) is 30.3 Å². The van der Waals surface area contributed by atoms with Crippen molar-refractivity contribution in [3.8, 4) is 5.75 Å². The number of rotatable bonds is 4. The lowest BCUT2D eigenvalue weighted by atomic mass is 9.69. The van der Waals surface area contributed by atoms with Gasteiger partial charge in [0.1, 0.15) is 29.4 Å². The van der Waals surface area contributed by atoms with Gasteiger partial charge in [-0.15, -0.1) is 0 Å². The maximum absolute atomic E-state index is 14.6. The number of nitrogens with one attached hydrogen (secondary N) is 3. The van der Waals surface area contributed by atoms with E-state index in [9.17, 15) is 19.2 Å². The summed E-state index contributed by atoms with van der Waals surface area (Å²) in [5.74, 6) is 0.381. The molecule has 1 unspecified atom stereocenters. The zero-order valence-electron chi connectivity index (χ0n) is 20.4. The van der Waals surface area contributed by atoms with Gasteiger partial charge in [-0.3, -0.25) is 28.5 Å². The van der Waals surface area contributed by atoms with E-state index in [0.29, 0.717) is 17.0 Å². The zero-order chi connectivity index (χ0) is 26.8. The highest BCUT2D eigenvalue weighted by atomic mass is 32.1. The molecule has 3 N–H and O–H groups in total. The van der Waals surface area contributed by atoms with Crippen LogP contribution in [-0.4, -0.2) is 38.2 Å². The summed E-state index contributed by atoms with van der Waals surface area (Å²) in [4.78, 5) is 61.7. The quantitative estimate of drug-likeness (QED) is 0.342. The van der Waals surface area contributed by atoms with Crippen LogP contribution >= 0.6 is 12.2 Å². The van der Waals surface area contributed by atoms with Gasteiger partial charge in [-0.2, -0.15) is 0 Å². The van der Waals surface area contributed by atoms with Gasteiger partial charge >= 0.3 is 5.69 Å². The molecule has 38 heavy (non-hydrogen) atoms. The summed E-state index contributed by atoms with van der Waals surface area (Å²) in [5, 5.41) is 2.99. The Morgan fingerprint density at radius 2 is 1.61 bits per heavy atom. The summed E-state index contributed by atoms with van der Waals surface area (Å²) in [6, 6.07) is 16.2. The van der Waals surface area contributed by atoms with Crippen molar-refractivity contribution in [2.75, 3.05) is 23.4 Å². The average molecular weight is 531 g/mol. The molecule has 0 saturated carbocycles. The van der Waals surface area contributed by atoms with Crippen LogP contribution < -0.4 is 31.8 Å². The third kappa shape index (κ3) is 3.10. The van der Waals surface area contributed by atoms with Gasteiger partial charge in [0.05, 0.1) is 17.7 Å². The molecule has 0 saturated heterocycles. The van der Waals surface area contributed by atoms with E-state index in [-0.39, 0.29) is 40.7 Å². The number of carbonyl (C=O) groups excluding carboxylic acids is 1. The van der Waals surface area contributed by atoms with Crippen molar-refractivity contribution < 1.29 is 9.53 Å². The standard InChI is InChI=1S/C26H22N6O5S/c1-30-20-18(22(34)31(2)25(30)36)26(17-19(27-20)28-24(38)29-21(17)33)15-10-6-7-11-16(15)32(23(26)35)12-13-37-14-8-4-3-5-9-14/h3-11H,12-13H2,1-2H3,(H3,27,28,29,33,38). The number of aromatic nitrogens is 4. The number of nitrogens with zero attached hydrogens (tertiary/aromatic N) is 3. The van der Waals surface area contributed by atoms with Crippen molar-refractivity contribution in [2.45, 2.75) is 5.41 Å². The highest BCUT2D eigenvalue weighted by Crippen LogP contribution is 2.53. The van der Waals surface area contributed by atoms with Crippen LogP contribution in [0.3, 0.4) is 0 Å². The lowest BCUT2D eigenvalue weighted by Gasteiger charge is -2.36. The summed E-state index contributed by atoms with van der Waals surface area (Å²) >= 11 is 5.19. The minimum atomic E-state index is -1.84. The molecule has 192 valence electrons. The molecule has 2 aromatic carbocycles. The van der Waals surface area contributed by atoms with E-state index in [4.69, 9.17) is 17.0 Å². The molecule has 2 aliphatic rings. The van der Waals surface area contributed by atoms with Crippen LogP contribution in [0, 0.1) is 4.77 Å². The minimum absolute atomic E-state index is 0.00160. The SMILES string of the molecule is Cn1c2c(c(=O)n(C)c1=O)C1(C(=O)N(CCOc3ccccc3)c3ccccc31)c1c([nH]c(=S)[nH]c1=O)N2. The normalized spacial score (nSPS) is 17.1. The van der Waals surface area contributed by atoms with Crippen LogP contribution in [0.25, 0.3) is 0 Å². The second-order valence-electron chi connectivity index (χ2n) is 9.10. The van der Waals surface area contributed by atoms with Crippen LogP contribution in [0.5, 0.6) is 5.75 Å². The first-order chi connectivity index (χ1) is 18.3. The van der Waals surface area contributed by atoms with Gasteiger partial charge in [0.15, 0.2) is 4.77 Å². The second-order valence-corrected chi connectivity index (χ2v) is 9.51. The minimum Gasteiger partial charge on any atom is -0.492 e. The predicted molar refractivity (Wildman–Crippen MR) is 143 cm³/mol. The molecular formula is C26H22N6O5S. The fourth-order valence-corrected chi connectivity index (χ4v) is 5.63. The van der Waals surface area contributed by atoms with E-state index in [0.717, 1.165) is 4.57 Å². The van der Waals surface area contributed by atoms with E-state index < -0.39 is 28.1 Å². The molecular weight excluding hydrogens is 508 g/mol. The third-order valence-corrected chi connectivity index (χ3v) is 7.30. The number of para-hydroxylation sites is 2. The topological polar surface area (TPSA) is 134 Å². The summed E-state index contributed by atoms with van der Waals surface area (Å²) in [6.45, 7) is 0.314. The molecule has 0 aliphatic carbocycles. The fraction of sp³-hybridized carbons (Fsp3) is 0.192. The maximum Gasteiger partial charge on any atom is 0.332 e. The first kappa shape index (κ1) is 23.7. The highest BCUT2D eigenvalue weighted by molar-refractivity contribution is 7.71. The number of anilines is 3. The lowest BCUT2D eigenvalue weighted by molar-refractivity contribution is -0.120. The summed E-state index contributed by atoms with van der Waals surface area (Å²) < 4.78 is 8.07. The Hall–Kier alpha value is -4.71. The van der Waals surface area contributed by atoms with Gasteiger partial charge in [-0.1, -0.05) is 36.4 Å². The smallest absolute Gasteiger partial charge is 0.332 e. The molecule has 2 aromatic heterocycles. The van der Waals surface area contributed by atoms with Crippen molar-refractivity contribution >= 4 is 35.4 Å². The van der Waals surface area contributed by atoms with E-state index >= 15 is 0 Å². The van der Waals surface area contributed by atoms with Crippen molar-refractivity contribution in [2.24, 2.45) is 14.1 Å². The Morgan fingerprint density at radius 1 is 0.895 bits per heavy atom. The maximum atomic E-state index is 14.6. The molecule has 1 spiro atoms. The Morgan fingerprint density at radius 3 is 2.37 bits per heavy atom. The number of fused-ring (bicyclic) bond motifs is 6. The molecule has 0 radical (unpaired) electrons. The van der Waals surface area contributed by atoms with Crippen LogP contribution in [0.4, 0.5) is 17.3 Å². The zero-order valence-corrected chi connectivity index (χ0v) is 21.2. The Labute approximate surface area is 220 Å². The number of ether oxygens (including phenoxy) is 1. The van der Waals surface area contributed by atoms with Gasteiger partial charge in [0.2, 0.25) is 5.91 Å². The van der Waals surface area contributed by atoms with Gasteiger partial charge in [-0.25, -0.2) is 4.79 Å². The van der Waals surface area contributed by atoms with Gasteiger partial charge in [-0.05, 0) is 30.4 Å². The first-order valence-electron chi connectivity index (χ1n) is 11.8. The molecule has 4 heterocycles. The van der Waals surface area contributed by atoms with Crippen LogP contribution in [0.15, 0.2) is 69.0 Å². The number of hydrogen-bond acceptors (Lipinski definition) is 7. The fourth-order valence-electron chi connectivity index (χ4n) is 5.44. The molecule has 4 aromatic rings. The number of amides is 1. The molecule has 11 nitrogen and oxygen atoms in total. The van der Waals surface area contributed by atoms with Crippen LogP contribution in [0.2, 0.25) is 0 Å². The lowest BCUT2D eigenvalue weighted by Crippen LogP contribution is -2.54. The molecule has 1 amide bonds. The first-order valence-corrected chi connectivity index (χ1v) is 12.2. The number of hydrogen-bond donors (Lipinski definition) is 3. The summed E-state index contributed by atoms with van der Waals surface area (Å²) in [7, 11) is 2.83. The van der Waals surface area contributed by atoms with Crippen molar-refractivity contribution in [3.63, 3.8) is 0 Å². The number of aromatic amines is 2. The molecule has 2 aliphatic heterocycles. The Balaban J connectivity index is 1.63. The highest BCUT2D eigenvalue weighted by Gasteiger charge is 2.60.